The van der Waals surface area contributed by atoms with Crippen molar-refractivity contribution in [3.05, 3.63) is 0 Å². The molecule has 7 heteroatoms. The number of hydrogen-bond acceptors (Lipinski definition) is 5. The lowest BCUT2D eigenvalue weighted by Crippen LogP contribution is -2.54. The minimum atomic E-state index is -1.26. The maximum Gasteiger partial charge on any atom is 0.410 e. The molecule has 0 saturated carbocycles. The summed E-state index contributed by atoms with van der Waals surface area (Å²) in [5.41, 5.74) is -1.45. The number of nitrogens with zero attached hydrogens (tertiary/aromatic N) is 2. The maximum atomic E-state index is 12.0. The lowest BCUT2D eigenvalue weighted by molar-refractivity contribution is -0.145. The van der Waals surface area contributed by atoms with Gasteiger partial charge in [0.1, 0.15) is 18.1 Å². The molecule has 0 aliphatic carbocycles. The number of likely N-dealkylation sites (tertiary alicyclic amines) is 1. The van der Waals surface area contributed by atoms with Gasteiger partial charge >= 0.3 is 12.1 Å². The molecule has 7 nitrogen and oxygen atoms in total. The van der Waals surface area contributed by atoms with Crippen LogP contribution >= 0.6 is 0 Å². The normalized spacial score (nSPS) is 25.4. The second-order valence-electron chi connectivity index (χ2n) is 6.01. The first-order valence-corrected chi connectivity index (χ1v) is 6.42. The van der Waals surface area contributed by atoms with Gasteiger partial charge in [-0.3, -0.25) is 4.79 Å². The fraction of sp³-hybridized carbons (Fsp3) is 0.769. The van der Waals surface area contributed by atoms with Crippen molar-refractivity contribution in [2.75, 3.05) is 20.2 Å². The fourth-order valence-electron chi connectivity index (χ4n) is 2.00. The highest BCUT2D eigenvalue weighted by Crippen LogP contribution is 2.29. The lowest BCUT2D eigenvalue weighted by Gasteiger charge is -2.38. The summed E-state index contributed by atoms with van der Waals surface area (Å²) in [4.78, 5) is 29.6. The molecule has 20 heavy (non-hydrogen) atoms. The van der Waals surface area contributed by atoms with Crippen LogP contribution in [0.25, 0.3) is 0 Å². The molecule has 0 radical (unpaired) electrons. The number of piperidine rings is 1. The third-order valence-corrected chi connectivity index (χ3v) is 3.09. The lowest BCUT2D eigenvalue weighted by atomic mass is 9.80. The predicted octanol–water partition coefficient (Wildman–Crippen LogP) is 1.72. The monoisotopic (exact) mass is 286 g/mol. The van der Waals surface area contributed by atoms with E-state index >= 15 is 0 Å². The summed E-state index contributed by atoms with van der Waals surface area (Å²) in [7, 11) is 1.37. The molecule has 1 aliphatic rings. The SMILES string of the molecule is CO/N=C1\CCN(C(=O)OC(C)(C)C)CC1(C)C(=O)O. The Morgan fingerprint density at radius 2 is 2.00 bits per heavy atom. The van der Waals surface area contributed by atoms with Crippen LogP contribution in [0.4, 0.5) is 4.79 Å². The van der Waals surface area contributed by atoms with E-state index in [0.717, 1.165) is 0 Å². The molecule has 114 valence electrons. The van der Waals surface area contributed by atoms with Crippen LogP contribution in [0.15, 0.2) is 5.16 Å². The van der Waals surface area contributed by atoms with E-state index in [0.29, 0.717) is 18.7 Å². The molecule has 1 atom stereocenters. The number of rotatable bonds is 2. The van der Waals surface area contributed by atoms with Gasteiger partial charge in [0.05, 0.1) is 5.71 Å². The first kappa shape index (κ1) is 16.3. The van der Waals surface area contributed by atoms with Gasteiger partial charge in [-0.15, -0.1) is 0 Å². The average Bonchev–Trinajstić information content (AvgIpc) is 2.29. The molecule has 1 saturated heterocycles. The number of carbonyl (C=O) groups excluding carboxylic acids is 1. The zero-order valence-electron chi connectivity index (χ0n) is 12.6. The summed E-state index contributed by atoms with van der Waals surface area (Å²) >= 11 is 0. The smallest absolute Gasteiger partial charge is 0.410 e. The van der Waals surface area contributed by atoms with Crippen LogP contribution < -0.4 is 0 Å². The molecule has 0 aromatic rings. The van der Waals surface area contributed by atoms with E-state index in [1.807, 2.05) is 0 Å². The Hall–Kier alpha value is -1.79. The van der Waals surface area contributed by atoms with Crippen molar-refractivity contribution in [2.45, 2.75) is 39.7 Å². The zero-order valence-corrected chi connectivity index (χ0v) is 12.6. The third kappa shape index (κ3) is 3.61. The van der Waals surface area contributed by atoms with E-state index in [9.17, 15) is 14.7 Å². The van der Waals surface area contributed by atoms with Gasteiger partial charge in [-0.1, -0.05) is 5.16 Å². The zero-order chi connectivity index (χ0) is 15.6. The van der Waals surface area contributed by atoms with Crippen LogP contribution in [0.1, 0.15) is 34.1 Å². The highest BCUT2D eigenvalue weighted by molar-refractivity contribution is 6.06. The number of hydrogen-bond donors (Lipinski definition) is 1. The van der Waals surface area contributed by atoms with Gasteiger partial charge in [0.25, 0.3) is 0 Å². The molecule has 1 N–H and O–H groups in total. The van der Waals surface area contributed by atoms with Crippen molar-refractivity contribution in [1.29, 1.82) is 0 Å². The van der Waals surface area contributed by atoms with Crippen LogP contribution in [0, 0.1) is 5.41 Å². The average molecular weight is 286 g/mol. The number of aliphatic carboxylic acids is 1. The van der Waals surface area contributed by atoms with Crippen molar-refractivity contribution in [3.63, 3.8) is 0 Å². The standard InChI is InChI=1S/C13H22N2O5/c1-12(2,3)20-11(18)15-7-6-9(14-19-5)13(4,8-15)10(16)17/h6-8H2,1-5H3,(H,16,17)/b14-9+. The number of carboxylic acids is 1. The fourth-order valence-corrected chi connectivity index (χ4v) is 2.00. The van der Waals surface area contributed by atoms with Crippen LogP contribution in [-0.4, -0.2) is 53.6 Å². The van der Waals surface area contributed by atoms with Crippen molar-refractivity contribution in [2.24, 2.45) is 10.6 Å². The van der Waals surface area contributed by atoms with E-state index in [4.69, 9.17) is 9.57 Å². The highest BCUT2D eigenvalue weighted by atomic mass is 16.6. The molecular formula is C13H22N2O5. The molecule has 1 aliphatic heterocycles. The van der Waals surface area contributed by atoms with Gasteiger partial charge in [0.2, 0.25) is 0 Å². The summed E-state index contributed by atoms with van der Waals surface area (Å²) in [6.07, 6.45) is -0.169. The molecular weight excluding hydrogens is 264 g/mol. The number of ether oxygens (including phenoxy) is 1. The minimum Gasteiger partial charge on any atom is -0.480 e. The molecule has 1 fully saturated rings. The molecule has 0 aromatic carbocycles. The van der Waals surface area contributed by atoms with Crippen LogP contribution in [-0.2, 0) is 14.4 Å². The Balaban J connectivity index is 2.91. The Kier molecular flexibility index (Phi) is 4.62. The van der Waals surface area contributed by atoms with E-state index in [1.165, 1.54) is 18.9 Å². The van der Waals surface area contributed by atoms with Gasteiger partial charge in [0, 0.05) is 19.5 Å². The van der Waals surface area contributed by atoms with Crippen molar-refractivity contribution >= 4 is 17.8 Å². The Morgan fingerprint density at radius 1 is 1.40 bits per heavy atom. The highest BCUT2D eigenvalue weighted by Gasteiger charge is 2.46. The topological polar surface area (TPSA) is 88.4 Å². The van der Waals surface area contributed by atoms with E-state index in [-0.39, 0.29) is 6.54 Å². The summed E-state index contributed by atoms with van der Waals surface area (Å²) in [5.74, 6) is -1.04. The third-order valence-electron chi connectivity index (χ3n) is 3.09. The number of carboxylic acid groups (broad SMARTS) is 1. The summed E-state index contributed by atoms with van der Waals surface area (Å²) in [6, 6.07) is 0. The molecule has 1 rings (SSSR count). The van der Waals surface area contributed by atoms with Gasteiger partial charge in [-0.05, 0) is 27.7 Å². The van der Waals surface area contributed by atoms with Crippen molar-refractivity contribution in [3.8, 4) is 0 Å². The maximum absolute atomic E-state index is 12.0. The molecule has 1 amide bonds. The molecule has 1 heterocycles. The second kappa shape index (κ2) is 5.68. The first-order valence-electron chi connectivity index (χ1n) is 6.42. The van der Waals surface area contributed by atoms with E-state index < -0.39 is 23.1 Å². The Morgan fingerprint density at radius 3 is 2.45 bits per heavy atom. The van der Waals surface area contributed by atoms with Crippen LogP contribution in [0.5, 0.6) is 0 Å². The van der Waals surface area contributed by atoms with Crippen molar-refractivity contribution < 1.29 is 24.3 Å². The molecule has 0 spiro atoms. The van der Waals surface area contributed by atoms with Crippen LogP contribution in [0.2, 0.25) is 0 Å². The summed E-state index contributed by atoms with van der Waals surface area (Å²) in [5, 5.41) is 13.2. The van der Waals surface area contributed by atoms with Gasteiger partial charge in [0.15, 0.2) is 0 Å². The van der Waals surface area contributed by atoms with Gasteiger partial charge in [-0.2, -0.15) is 0 Å². The van der Waals surface area contributed by atoms with Gasteiger partial charge < -0.3 is 19.6 Å². The van der Waals surface area contributed by atoms with E-state index in [1.54, 1.807) is 20.8 Å². The molecule has 0 aromatic heterocycles. The van der Waals surface area contributed by atoms with E-state index in [2.05, 4.69) is 5.16 Å². The van der Waals surface area contributed by atoms with Gasteiger partial charge in [-0.25, -0.2) is 4.79 Å². The number of carbonyl (C=O) groups is 2. The largest absolute Gasteiger partial charge is 0.480 e. The summed E-state index contributed by atoms with van der Waals surface area (Å²) in [6.45, 7) is 7.21. The summed E-state index contributed by atoms with van der Waals surface area (Å²) < 4.78 is 5.27. The molecule has 1 unspecified atom stereocenters. The predicted molar refractivity (Wildman–Crippen MR) is 72.6 cm³/mol. The number of oxime groups is 1. The molecule has 0 bridgehead atoms. The Bertz CT molecular complexity index is 427. The number of amides is 1. The Labute approximate surface area is 118 Å². The second-order valence-corrected chi connectivity index (χ2v) is 6.01. The van der Waals surface area contributed by atoms with Crippen LogP contribution in [0.3, 0.4) is 0 Å². The quantitative estimate of drug-likeness (QED) is 0.781. The first-order chi connectivity index (χ1) is 9.10. The van der Waals surface area contributed by atoms with Crippen molar-refractivity contribution in [1.82, 2.24) is 4.90 Å². The minimum absolute atomic E-state index is 0.0133.